The first-order valence-electron chi connectivity index (χ1n) is 4.54. The molecule has 0 aromatic carbocycles. The molecule has 0 saturated heterocycles. The Balaban J connectivity index is 2.71. The number of hydrogen-bond acceptors (Lipinski definition) is 3. The number of Topliss-reactive ketones (excluding diaryl/α,β-unsaturated/α-hetero) is 1. The third kappa shape index (κ3) is 3.66. The molecule has 0 spiro atoms. The van der Waals surface area contributed by atoms with Gasteiger partial charge in [-0.1, -0.05) is 6.92 Å². The third-order valence-corrected chi connectivity index (χ3v) is 4.46. The Morgan fingerprint density at radius 3 is 2.73 bits per heavy atom. The monoisotopic (exact) mass is 354 g/mol. The van der Waals surface area contributed by atoms with Gasteiger partial charge >= 0.3 is 0 Å². The number of ether oxygens (including phenoxy) is 1. The molecule has 0 saturated carbocycles. The summed E-state index contributed by atoms with van der Waals surface area (Å²) < 4.78 is 6.82. The van der Waals surface area contributed by atoms with Gasteiger partial charge in [-0.05, 0) is 44.3 Å². The fraction of sp³-hybridized carbons (Fsp3) is 0.500. The highest BCUT2D eigenvalue weighted by atomic mass is 79.9. The van der Waals surface area contributed by atoms with E-state index in [1.54, 1.807) is 7.11 Å². The molecule has 84 valence electrons. The molecule has 0 aliphatic rings. The van der Waals surface area contributed by atoms with E-state index in [2.05, 4.69) is 31.9 Å². The molecule has 1 aromatic rings. The van der Waals surface area contributed by atoms with Gasteiger partial charge in [-0.3, -0.25) is 4.79 Å². The predicted molar refractivity (Wildman–Crippen MR) is 69.7 cm³/mol. The van der Waals surface area contributed by atoms with Crippen LogP contribution < -0.4 is 0 Å². The van der Waals surface area contributed by atoms with Crippen molar-refractivity contribution in [3.05, 3.63) is 19.2 Å². The quantitative estimate of drug-likeness (QED) is 0.742. The molecule has 0 amide bonds. The molecular formula is C10H12Br2O2S. The van der Waals surface area contributed by atoms with E-state index in [4.69, 9.17) is 4.74 Å². The molecule has 0 radical (unpaired) electrons. The molecule has 0 aliphatic carbocycles. The first-order chi connectivity index (χ1) is 7.06. The van der Waals surface area contributed by atoms with E-state index < -0.39 is 0 Å². The van der Waals surface area contributed by atoms with Crippen molar-refractivity contribution in [3.8, 4) is 0 Å². The van der Waals surface area contributed by atoms with Crippen LogP contribution in [0.25, 0.3) is 0 Å². The van der Waals surface area contributed by atoms with E-state index in [-0.39, 0.29) is 11.7 Å². The molecule has 15 heavy (non-hydrogen) atoms. The summed E-state index contributed by atoms with van der Waals surface area (Å²) in [4.78, 5) is 12.0. The van der Waals surface area contributed by atoms with Gasteiger partial charge in [0.05, 0.1) is 7.57 Å². The van der Waals surface area contributed by atoms with Crippen molar-refractivity contribution in [1.82, 2.24) is 0 Å². The molecule has 0 fully saturated rings. The van der Waals surface area contributed by atoms with Gasteiger partial charge in [0, 0.05) is 25.2 Å². The Labute approximate surface area is 110 Å². The Morgan fingerprint density at radius 1 is 1.60 bits per heavy atom. The van der Waals surface area contributed by atoms with E-state index in [0.29, 0.717) is 6.61 Å². The fourth-order valence-corrected chi connectivity index (χ4v) is 4.02. The fourth-order valence-electron chi connectivity index (χ4n) is 1.20. The molecule has 1 unspecified atom stereocenters. The molecule has 0 aliphatic heterocycles. The zero-order chi connectivity index (χ0) is 11.4. The van der Waals surface area contributed by atoms with Crippen molar-refractivity contribution in [3.63, 3.8) is 0 Å². The van der Waals surface area contributed by atoms with Crippen LogP contribution in [-0.4, -0.2) is 19.5 Å². The zero-order valence-corrected chi connectivity index (χ0v) is 12.5. The maximum absolute atomic E-state index is 12.0. The van der Waals surface area contributed by atoms with Crippen LogP contribution in [0.15, 0.2) is 13.6 Å². The Bertz CT molecular complexity index is 349. The second kappa shape index (κ2) is 6.13. The summed E-state index contributed by atoms with van der Waals surface area (Å²) in [6.45, 7) is 2.55. The third-order valence-electron chi connectivity index (χ3n) is 2.12. The highest BCUT2D eigenvalue weighted by Crippen LogP contribution is 2.33. The molecule has 1 heterocycles. The lowest BCUT2D eigenvalue weighted by atomic mass is 9.99. The van der Waals surface area contributed by atoms with Gasteiger partial charge in [-0.15, -0.1) is 11.3 Å². The Kier molecular flexibility index (Phi) is 5.46. The number of rotatable bonds is 5. The largest absolute Gasteiger partial charge is 0.385 e. The van der Waals surface area contributed by atoms with Crippen LogP contribution in [0, 0.1) is 5.92 Å². The van der Waals surface area contributed by atoms with E-state index in [9.17, 15) is 4.79 Å². The highest BCUT2D eigenvalue weighted by Gasteiger charge is 2.19. The predicted octanol–water partition coefficient (Wildman–Crippen LogP) is 4.13. The lowest BCUT2D eigenvalue weighted by molar-refractivity contribution is 0.0893. The average Bonchev–Trinajstić information content (AvgIpc) is 2.53. The maximum Gasteiger partial charge on any atom is 0.167 e. The Morgan fingerprint density at radius 2 is 2.27 bits per heavy atom. The van der Waals surface area contributed by atoms with E-state index in [1.807, 2.05) is 13.0 Å². The van der Waals surface area contributed by atoms with Crippen molar-refractivity contribution in [1.29, 1.82) is 0 Å². The summed E-state index contributed by atoms with van der Waals surface area (Å²) >= 11 is 8.28. The summed E-state index contributed by atoms with van der Waals surface area (Å²) in [5.41, 5.74) is 0.760. The van der Waals surface area contributed by atoms with Crippen LogP contribution in [0.2, 0.25) is 0 Å². The zero-order valence-electron chi connectivity index (χ0n) is 8.55. The van der Waals surface area contributed by atoms with E-state index in [1.165, 1.54) is 11.3 Å². The maximum atomic E-state index is 12.0. The van der Waals surface area contributed by atoms with Crippen LogP contribution in [0.4, 0.5) is 0 Å². The lowest BCUT2D eigenvalue weighted by Crippen LogP contribution is -2.13. The number of thiophene rings is 1. The van der Waals surface area contributed by atoms with Crippen molar-refractivity contribution >= 4 is 49.0 Å². The molecular weight excluding hydrogens is 344 g/mol. The normalized spacial score (nSPS) is 12.8. The Hall–Kier alpha value is 0.290. The van der Waals surface area contributed by atoms with Crippen LogP contribution in [0.3, 0.4) is 0 Å². The molecule has 2 nitrogen and oxygen atoms in total. The standard InChI is InChI=1S/C10H12Br2O2S/c1-6(3-4-14-2)9(13)7-5-8(11)15-10(7)12/h5-6H,3-4H2,1-2H3. The number of hydrogen-bond donors (Lipinski definition) is 0. The number of halogens is 2. The van der Waals surface area contributed by atoms with Gasteiger partial charge < -0.3 is 4.74 Å². The summed E-state index contributed by atoms with van der Waals surface area (Å²) in [5.74, 6) is 0.170. The minimum atomic E-state index is 0.00255. The minimum Gasteiger partial charge on any atom is -0.385 e. The molecule has 1 aromatic heterocycles. The second-order valence-electron chi connectivity index (χ2n) is 3.28. The van der Waals surface area contributed by atoms with Crippen LogP contribution >= 0.6 is 43.2 Å². The summed E-state index contributed by atoms with van der Waals surface area (Å²) in [6.07, 6.45) is 0.759. The molecule has 1 rings (SSSR count). The van der Waals surface area contributed by atoms with Crippen molar-refractivity contribution in [2.24, 2.45) is 5.92 Å². The van der Waals surface area contributed by atoms with Crippen molar-refractivity contribution in [2.75, 3.05) is 13.7 Å². The smallest absolute Gasteiger partial charge is 0.167 e. The second-order valence-corrected chi connectivity index (χ2v) is 7.03. The molecule has 5 heteroatoms. The SMILES string of the molecule is COCCC(C)C(=O)c1cc(Br)sc1Br. The van der Waals surface area contributed by atoms with Crippen LogP contribution in [-0.2, 0) is 4.74 Å². The number of methoxy groups -OCH3 is 1. The van der Waals surface area contributed by atoms with E-state index >= 15 is 0 Å². The number of ketones is 1. The van der Waals surface area contributed by atoms with Gasteiger partial charge in [0.25, 0.3) is 0 Å². The summed E-state index contributed by atoms with van der Waals surface area (Å²) in [5, 5.41) is 0. The number of carbonyl (C=O) groups is 1. The van der Waals surface area contributed by atoms with Gasteiger partial charge in [-0.25, -0.2) is 0 Å². The van der Waals surface area contributed by atoms with Gasteiger partial charge in [0.15, 0.2) is 5.78 Å². The highest BCUT2D eigenvalue weighted by molar-refractivity contribution is 9.12. The lowest BCUT2D eigenvalue weighted by Gasteiger charge is -2.08. The van der Waals surface area contributed by atoms with Crippen LogP contribution in [0.1, 0.15) is 23.7 Å². The van der Waals surface area contributed by atoms with Gasteiger partial charge in [0.2, 0.25) is 0 Å². The van der Waals surface area contributed by atoms with Crippen molar-refractivity contribution in [2.45, 2.75) is 13.3 Å². The molecule has 1 atom stereocenters. The van der Waals surface area contributed by atoms with Crippen LogP contribution in [0.5, 0.6) is 0 Å². The molecule has 0 bridgehead atoms. The summed E-state index contributed by atoms with van der Waals surface area (Å²) in [6, 6.07) is 1.86. The first kappa shape index (κ1) is 13.4. The molecule has 0 N–H and O–H groups in total. The van der Waals surface area contributed by atoms with Gasteiger partial charge in [0.1, 0.15) is 0 Å². The topological polar surface area (TPSA) is 26.3 Å². The average molecular weight is 356 g/mol. The number of carbonyl (C=O) groups excluding carboxylic acids is 1. The summed E-state index contributed by atoms with van der Waals surface area (Å²) in [7, 11) is 1.65. The minimum absolute atomic E-state index is 0.00255. The van der Waals surface area contributed by atoms with Crippen molar-refractivity contribution < 1.29 is 9.53 Å². The van der Waals surface area contributed by atoms with E-state index in [0.717, 1.165) is 19.6 Å². The van der Waals surface area contributed by atoms with Gasteiger partial charge in [-0.2, -0.15) is 0 Å². The first-order valence-corrected chi connectivity index (χ1v) is 6.94.